The summed E-state index contributed by atoms with van der Waals surface area (Å²) in [6, 6.07) is 0. The topological polar surface area (TPSA) is 83.5 Å². The van der Waals surface area contributed by atoms with Crippen molar-refractivity contribution in [3.05, 3.63) is 12.7 Å². The monoisotopic (exact) mass is 165 g/mol. The van der Waals surface area contributed by atoms with Crippen LogP contribution in [-0.2, 0) is 14.9 Å². The van der Waals surface area contributed by atoms with Gasteiger partial charge in [0.25, 0.3) is 10.1 Å². The first-order valence-corrected chi connectivity index (χ1v) is 3.81. The van der Waals surface area contributed by atoms with Crippen LogP contribution in [0.5, 0.6) is 0 Å². The van der Waals surface area contributed by atoms with Crippen molar-refractivity contribution >= 4 is 16.5 Å². The van der Waals surface area contributed by atoms with Gasteiger partial charge in [-0.25, -0.2) is 0 Å². The van der Waals surface area contributed by atoms with Crippen LogP contribution in [0.15, 0.2) is 12.7 Å². The van der Waals surface area contributed by atoms with Crippen molar-refractivity contribution in [3.8, 4) is 0 Å². The molecule has 5 nitrogen and oxygen atoms in total. The van der Waals surface area contributed by atoms with Crippen LogP contribution in [0, 0.1) is 0 Å². The van der Waals surface area contributed by atoms with E-state index in [9.17, 15) is 13.2 Å². The van der Waals surface area contributed by atoms with E-state index in [4.69, 9.17) is 4.55 Å². The molecule has 0 aromatic carbocycles. The number of rotatable bonds is 4. The van der Waals surface area contributed by atoms with Crippen LogP contribution in [0.25, 0.3) is 0 Å². The molecule has 10 heavy (non-hydrogen) atoms. The average Bonchev–Trinajstić information content (AvgIpc) is 1.80. The van der Waals surface area contributed by atoms with Gasteiger partial charge in [0.1, 0.15) is 0 Å². The molecule has 0 aromatic heterocycles. The molecule has 1 amide bonds. The molecule has 2 N–H and O–H groups in total. The van der Waals surface area contributed by atoms with Crippen molar-refractivity contribution in [3.63, 3.8) is 0 Å². The van der Waals surface area contributed by atoms with Gasteiger partial charge in [-0.2, -0.15) is 8.42 Å². The quantitative estimate of drug-likeness (QED) is 0.322. The number of amides is 1. The van der Waals surface area contributed by atoms with Crippen LogP contribution >= 0.6 is 0 Å². The van der Waals surface area contributed by atoms with E-state index in [1.165, 1.54) is 0 Å². The third-order valence-corrected chi connectivity index (χ3v) is 1.74. The molecule has 6 heteroatoms. The zero-order chi connectivity index (χ0) is 8.20. The molecular weight excluding hydrogens is 158 g/mol. The van der Waals surface area contributed by atoms with Crippen molar-refractivity contribution in [2.75, 3.05) is 0 Å². The summed E-state index contributed by atoms with van der Waals surface area (Å²) in [7, 11) is -4.24. The lowest BCUT2D eigenvalue weighted by Gasteiger charge is -2.05. The van der Waals surface area contributed by atoms with Crippen molar-refractivity contribution in [1.29, 1.82) is 0 Å². The minimum atomic E-state index is -4.24. The van der Waals surface area contributed by atoms with Gasteiger partial charge >= 0.3 is 0 Å². The molecule has 0 radical (unpaired) electrons. The predicted octanol–water partition coefficient (Wildman–Crippen LogP) is -0.868. The highest BCUT2D eigenvalue weighted by Gasteiger charge is 2.16. The van der Waals surface area contributed by atoms with E-state index >= 15 is 0 Å². The third kappa shape index (κ3) is 2.60. The van der Waals surface area contributed by atoms with Crippen molar-refractivity contribution in [2.24, 2.45) is 0 Å². The lowest BCUT2D eigenvalue weighted by Crippen LogP contribution is -2.33. The second-order valence-corrected chi connectivity index (χ2v) is 2.99. The van der Waals surface area contributed by atoms with Crippen LogP contribution in [-0.4, -0.2) is 24.8 Å². The van der Waals surface area contributed by atoms with E-state index in [1.807, 2.05) is 5.32 Å². The largest absolute Gasteiger partial charge is 0.337 e. The van der Waals surface area contributed by atoms with Gasteiger partial charge in [-0.05, 0) is 0 Å². The van der Waals surface area contributed by atoms with E-state index in [1.54, 1.807) is 0 Å². The van der Waals surface area contributed by atoms with Crippen LogP contribution in [0.3, 0.4) is 0 Å². The maximum atomic E-state index is 10.2. The Labute approximate surface area is 58.5 Å². The molecule has 0 aliphatic carbocycles. The number of hydrogen-bond donors (Lipinski definition) is 2. The maximum absolute atomic E-state index is 10.2. The minimum Gasteiger partial charge on any atom is -0.337 e. The zero-order valence-corrected chi connectivity index (χ0v) is 5.84. The van der Waals surface area contributed by atoms with Crippen LogP contribution in [0.4, 0.5) is 0 Å². The average molecular weight is 165 g/mol. The van der Waals surface area contributed by atoms with Crippen LogP contribution < -0.4 is 5.32 Å². The fourth-order valence-electron chi connectivity index (χ4n) is 0.343. The van der Waals surface area contributed by atoms with E-state index < -0.39 is 15.5 Å². The summed E-state index contributed by atoms with van der Waals surface area (Å²) in [5, 5.41) is 0.424. The SMILES string of the molecule is C=CC(NC=O)S(=O)(=O)O. The Balaban J connectivity index is 4.36. The Morgan fingerprint density at radius 3 is 2.20 bits per heavy atom. The van der Waals surface area contributed by atoms with Crippen molar-refractivity contribution in [1.82, 2.24) is 5.32 Å². The van der Waals surface area contributed by atoms with E-state index in [0.717, 1.165) is 6.08 Å². The highest BCUT2D eigenvalue weighted by molar-refractivity contribution is 7.86. The first kappa shape index (κ1) is 9.12. The van der Waals surface area contributed by atoms with Gasteiger partial charge in [0.2, 0.25) is 6.41 Å². The Kier molecular flexibility index (Phi) is 3.04. The summed E-state index contributed by atoms with van der Waals surface area (Å²) < 4.78 is 28.7. The molecule has 0 rings (SSSR count). The number of carbonyl (C=O) groups excluding carboxylic acids is 1. The molecule has 0 saturated heterocycles. The van der Waals surface area contributed by atoms with Gasteiger partial charge in [0.15, 0.2) is 5.37 Å². The molecule has 0 aromatic rings. The molecule has 0 aliphatic rings. The second kappa shape index (κ2) is 3.33. The van der Waals surface area contributed by atoms with E-state index in [2.05, 4.69) is 6.58 Å². The van der Waals surface area contributed by atoms with Crippen molar-refractivity contribution < 1.29 is 17.8 Å². The first-order valence-electron chi connectivity index (χ1n) is 2.31. The Morgan fingerprint density at radius 1 is 1.60 bits per heavy atom. The van der Waals surface area contributed by atoms with Crippen molar-refractivity contribution in [2.45, 2.75) is 5.37 Å². The minimum absolute atomic E-state index is 0.167. The van der Waals surface area contributed by atoms with E-state index in [0.29, 0.717) is 0 Å². The third-order valence-electron chi connectivity index (χ3n) is 0.767. The number of carbonyl (C=O) groups is 1. The summed E-state index contributed by atoms with van der Waals surface area (Å²) >= 11 is 0. The maximum Gasteiger partial charge on any atom is 0.290 e. The summed E-state index contributed by atoms with van der Waals surface area (Å²) in [4.78, 5) is 9.69. The molecule has 0 saturated carbocycles. The van der Waals surface area contributed by atoms with Crippen LogP contribution in [0.2, 0.25) is 0 Å². The zero-order valence-electron chi connectivity index (χ0n) is 5.02. The Morgan fingerprint density at radius 2 is 2.10 bits per heavy atom. The molecule has 0 aliphatic heterocycles. The van der Waals surface area contributed by atoms with Gasteiger partial charge in [-0.3, -0.25) is 9.35 Å². The normalized spacial score (nSPS) is 13.7. The molecule has 0 bridgehead atoms. The lowest BCUT2D eigenvalue weighted by molar-refractivity contribution is -0.109. The Bertz CT molecular complexity index is 219. The molecule has 1 unspecified atom stereocenters. The molecule has 0 heterocycles. The fraction of sp³-hybridized carbons (Fsp3) is 0.250. The van der Waals surface area contributed by atoms with Gasteiger partial charge in [0.05, 0.1) is 0 Å². The standard InChI is InChI=1S/C4H7NO4S/c1-2-4(5-3-6)10(7,8)9/h2-4H,1H2,(H,5,6)(H,7,8,9). The van der Waals surface area contributed by atoms with E-state index in [-0.39, 0.29) is 6.41 Å². The second-order valence-electron chi connectivity index (χ2n) is 1.46. The first-order chi connectivity index (χ1) is 4.52. The number of hydrogen-bond acceptors (Lipinski definition) is 3. The number of nitrogens with one attached hydrogen (secondary N) is 1. The van der Waals surface area contributed by atoms with Gasteiger partial charge in [-0.15, -0.1) is 0 Å². The Hall–Kier alpha value is -0.880. The smallest absolute Gasteiger partial charge is 0.290 e. The highest BCUT2D eigenvalue weighted by Crippen LogP contribution is 1.92. The molecule has 1 atom stereocenters. The summed E-state index contributed by atoms with van der Waals surface area (Å²) in [6.07, 6.45) is 1.07. The molecule has 0 fully saturated rings. The predicted molar refractivity (Wildman–Crippen MR) is 34.7 cm³/mol. The molecule has 58 valence electrons. The van der Waals surface area contributed by atoms with Gasteiger partial charge < -0.3 is 5.32 Å². The van der Waals surface area contributed by atoms with Gasteiger partial charge in [0, 0.05) is 0 Å². The highest BCUT2D eigenvalue weighted by atomic mass is 32.2. The molecular formula is C4H7NO4S. The summed E-state index contributed by atoms with van der Waals surface area (Å²) in [5.74, 6) is 0. The molecule has 0 spiro atoms. The van der Waals surface area contributed by atoms with Gasteiger partial charge in [-0.1, -0.05) is 12.7 Å². The summed E-state index contributed by atoms with van der Waals surface area (Å²) in [6.45, 7) is 3.09. The van der Waals surface area contributed by atoms with Crippen LogP contribution in [0.1, 0.15) is 0 Å². The summed E-state index contributed by atoms with van der Waals surface area (Å²) in [5.41, 5.74) is 0. The fourth-order valence-corrected chi connectivity index (χ4v) is 0.813. The lowest BCUT2D eigenvalue weighted by atomic mass is 10.6.